The third-order valence-corrected chi connectivity index (χ3v) is 6.56. The van der Waals surface area contributed by atoms with Gasteiger partial charge in [0, 0.05) is 12.1 Å². The molecule has 0 bridgehead atoms. The molecule has 158 valence electrons. The van der Waals surface area contributed by atoms with Crippen molar-refractivity contribution in [1.82, 2.24) is 15.0 Å². The average Bonchev–Trinajstić information content (AvgIpc) is 3.39. The molecule has 3 aromatic rings. The maximum Gasteiger partial charge on any atom is 0.180 e. The molecule has 0 amide bonds. The zero-order valence-electron chi connectivity index (χ0n) is 15.4. The van der Waals surface area contributed by atoms with Crippen LogP contribution in [0.2, 0.25) is 5.02 Å². The molecule has 5 rings (SSSR count). The van der Waals surface area contributed by atoms with Crippen LogP contribution >= 0.6 is 23.4 Å². The lowest BCUT2D eigenvalue weighted by Crippen LogP contribution is -2.29. The Balaban J connectivity index is 1.33. The maximum atomic E-state index is 13.8. The van der Waals surface area contributed by atoms with Crippen LogP contribution in [0, 0.1) is 11.6 Å². The van der Waals surface area contributed by atoms with Gasteiger partial charge < -0.3 is 24.9 Å². The largest absolute Gasteiger partial charge is 0.388 e. The predicted octanol–water partition coefficient (Wildman–Crippen LogP) is 3.12. The quantitative estimate of drug-likeness (QED) is 0.545. The summed E-state index contributed by atoms with van der Waals surface area (Å²) >= 11 is 7.73. The Morgan fingerprint density at radius 2 is 1.97 bits per heavy atom. The highest BCUT2D eigenvalue weighted by atomic mass is 35.5. The number of fused-ring (bicyclic) bond motifs is 2. The third kappa shape index (κ3) is 3.63. The molecular weight excluding hydrogens is 438 g/mol. The SMILES string of the molecule is O[C@@H]1CO[C@@H]2C(Sc3nc4nc(NCc5c(F)cccc5F)c(Cl)cc4[nH]3)COC21. The van der Waals surface area contributed by atoms with Crippen molar-refractivity contribution in [2.45, 2.75) is 35.3 Å². The molecule has 2 saturated heterocycles. The fourth-order valence-electron chi connectivity index (χ4n) is 3.64. The Labute approximate surface area is 179 Å². The van der Waals surface area contributed by atoms with E-state index in [1.807, 2.05) is 0 Å². The van der Waals surface area contributed by atoms with E-state index in [4.69, 9.17) is 21.1 Å². The molecule has 2 aliphatic rings. The highest BCUT2D eigenvalue weighted by Crippen LogP contribution is 2.37. The second-order valence-corrected chi connectivity index (χ2v) is 8.74. The van der Waals surface area contributed by atoms with Crippen molar-refractivity contribution in [3.05, 3.63) is 46.5 Å². The normalized spacial score (nSPS) is 25.7. The molecular formula is C19H17ClF2N4O3S. The minimum absolute atomic E-state index is 0.00943. The van der Waals surface area contributed by atoms with Crippen molar-refractivity contribution < 1.29 is 23.4 Å². The number of nitrogens with zero attached hydrogens (tertiary/aromatic N) is 2. The Hall–Kier alpha value is -1.98. The molecule has 11 heteroatoms. The molecule has 0 radical (unpaired) electrons. The summed E-state index contributed by atoms with van der Waals surface area (Å²) in [5.41, 5.74) is 0.956. The monoisotopic (exact) mass is 454 g/mol. The first kappa shape index (κ1) is 20.0. The summed E-state index contributed by atoms with van der Waals surface area (Å²) in [6, 6.07) is 5.35. The number of anilines is 1. The van der Waals surface area contributed by atoms with Crippen LogP contribution in [0.4, 0.5) is 14.6 Å². The van der Waals surface area contributed by atoms with Gasteiger partial charge >= 0.3 is 0 Å². The topological polar surface area (TPSA) is 92.3 Å². The second kappa shape index (κ2) is 7.93. The Morgan fingerprint density at radius 1 is 1.20 bits per heavy atom. The molecule has 1 aromatic carbocycles. The highest BCUT2D eigenvalue weighted by Gasteiger charge is 2.47. The zero-order chi connectivity index (χ0) is 20.8. The van der Waals surface area contributed by atoms with E-state index in [-0.39, 0.29) is 42.0 Å². The molecule has 2 fully saturated rings. The lowest BCUT2D eigenvalue weighted by molar-refractivity contribution is 0.0188. The van der Waals surface area contributed by atoms with Gasteiger partial charge in [0.2, 0.25) is 0 Å². The molecule has 2 aromatic heterocycles. The second-order valence-electron chi connectivity index (χ2n) is 7.11. The molecule has 3 N–H and O–H groups in total. The van der Waals surface area contributed by atoms with Gasteiger partial charge in [0.15, 0.2) is 10.8 Å². The number of nitrogens with one attached hydrogen (secondary N) is 2. The van der Waals surface area contributed by atoms with Crippen LogP contribution in [-0.2, 0) is 16.0 Å². The van der Waals surface area contributed by atoms with E-state index >= 15 is 0 Å². The summed E-state index contributed by atoms with van der Waals surface area (Å²) < 4.78 is 38.9. The Morgan fingerprint density at radius 3 is 2.77 bits per heavy atom. The van der Waals surface area contributed by atoms with Crippen LogP contribution in [0.25, 0.3) is 11.2 Å². The van der Waals surface area contributed by atoms with E-state index < -0.39 is 17.7 Å². The van der Waals surface area contributed by atoms with E-state index in [9.17, 15) is 13.9 Å². The van der Waals surface area contributed by atoms with Crippen molar-refractivity contribution >= 4 is 40.3 Å². The van der Waals surface area contributed by atoms with Gasteiger partial charge in [-0.1, -0.05) is 29.4 Å². The van der Waals surface area contributed by atoms with Gasteiger partial charge in [0.1, 0.15) is 35.8 Å². The van der Waals surface area contributed by atoms with Gasteiger partial charge in [0.05, 0.1) is 29.0 Å². The number of thioether (sulfide) groups is 1. The standard InChI is InChI=1S/C19H17ClF2N4O3S/c20-9-4-12-18(25-17(9)23-5-8-10(21)2-1-3-11(8)22)26-19(24-12)30-14-7-29-15-13(27)6-28-16(14)15/h1-4,13-16,27H,5-7H2,(H2,23,24,25,26)/t13-,14?,15?,16-/m1/s1. The van der Waals surface area contributed by atoms with Crippen molar-refractivity contribution in [2.75, 3.05) is 18.5 Å². The van der Waals surface area contributed by atoms with E-state index in [1.165, 1.54) is 30.0 Å². The number of aromatic amines is 1. The van der Waals surface area contributed by atoms with Gasteiger partial charge in [-0.3, -0.25) is 0 Å². The first-order valence-corrected chi connectivity index (χ1v) is 10.6. The number of hydrogen-bond donors (Lipinski definition) is 3. The van der Waals surface area contributed by atoms with Crippen LogP contribution in [0.15, 0.2) is 29.4 Å². The van der Waals surface area contributed by atoms with Crippen molar-refractivity contribution in [2.24, 2.45) is 0 Å². The lowest BCUT2D eigenvalue weighted by Gasteiger charge is -2.13. The number of H-pyrrole nitrogens is 1. The maximum absolute atomic E-state index is 13.8. The van der Waals surface area contributed by atoms with Crippen molar-refractivity contribution in [1.29, 1.82) is 0 Å². The minimum atomic E-state index is -0.644. The lowest BCUT2D eigenvalue weighted by atomic mass is 10.1. The van der Waals surface area contributed by atoms with E-state index in [2.05, 4.69) is 20.3 Å². The molecule has 4 atom stereocenters. The summed E-state index contributed by atoms with van der Waals surface area (Å²) in [6.07, 6.45) is -1.11. The fourth-order valence-corrected chi connectivity index (χ4v) is 4.96. The number of hydrogen-bond acceptors (Lipinski definition) is 7. The van der Waals surface area contributed by atoms with Gasteiger partial charge in [0.25, 0.3) is 0 Å². The number of benzene rings is 1. The third-order valence-electron chi connectivity index (χ3n) is 5.14. The van der Waals surface area contributed by atoms with Gasteiger partial charge in [-0.25, -0.2) is 18.7 Å². The minimum Gasteiger partial charge on any atom is -0.388 e. The summed E-state index contributed by atoms with van der Waals surface area (Å²) in [5.74, 6) is -1.01. The molecule has 0 spiro atoms. The number of rotatable bonds is 5. The smallest absolute Gasteiger partial charge is 0.180 e. The summed E-state index contributed by atoms with van der Waals surface area (Å²) in [7, 11) is 0. The number of pyridine rings is 1. The van der Waals surface area contributed by atoms with Gasteiger partial charge in [-0.2, -0.15) is 0 Å². The molecule has 30 heavy (non-hydrogen) atoms. The van der Waals surface area contributed by atoms with Crippen LogP contribution in [0.1, 0.15) is 5.56 Å². The van der Waals surface area contributed by atoms with E-state index in [0.717, 1.165) is 0 Å². The molecule has 4 heterocycles. The van der Waals surface area contributed by atoms with Gasteiger partial charge in [-0.05, 0) is 18.2 Å². The number of ether oxygens (including phenoxy) is 2. The highest BCUT2D eigenvalue weighted by molar-refractivity contribution is 7.99. The summed E-state index contributed by atoms with van der Waals surface area (Å²) in [5, 5.41) is 13.6. The van der Waals surface area contributed by atoms with Crippen LogP contribution in [0.3, 0.4) is 0 Å². The van der Waals surface area contributed by atoms with E-state index in [0.29, 0.717) is 27.9 Å². The first-order valence-electron chi connectivity index (χ1n) is 9.30. The van der Waals surface area contributed by atoms with Crippen LogP contribution in [0.5, 0.6) is 0 Å². The Kier molecular flexibility index (Phi) is 5.28. The molecule has 0 aliphatic carbocycles. The summed E-state index contributed by atoms with van der Waals surface area (Å²) in [6.45, 7) is 0.607. The number of aliphatic hydroxyl groups is 1. The molecule has 0 saturated carbocycles. The Bertz CT molecular complexity index is 1080. The average molecular weight is 455 g/mol. The van der Waals surface area contributed by atoms with Crippen LogP contribution in [-0.4, -0.2) is 56.8 Å². The number of halogens is 3. The number of aliphatic hydroxyl groups excluding tert-OH is 1. The van der Waals surface area contributed by atoms with Crippen molar-refractivity contribution in [3.63, 3.8) is 0 Å². The zero-order valence-corrected chi connectivity index (χ0v) is 17.0. The molecule has 7 nitrogen and oxygen atoms in total. The number of aromatic nitrogens is 3. The first-order chi connectivity index (χ1) is 14.5. The molecule has 2 aliphatic heterocycles. The van der Waals surface area contributed by atoms with E-state index in [1.54, 1.807) is 6.07 Å². The summed E-state index contributed by atoms with van der Waals surface area (Å²) in [4.78, 5) is 12.0. The van der Waals surface area contributed by atoms with Crippen molar-refractivity contribution in [3.8, 4) is 0 Å². The molecule has 2 unspecified atom stereocenters. The predicted molar refractivity (Wildman–Crippen MR) is 108 cm³/mol. The van der Waals surface area contributed by atoms with Crippen LogP contribution < -0.4 is 5.32 Å². The fraction of sp³-hybridized carbons (Fsp3) is 0.368. The van der Waals surface area contributed by atoms with Gasteiger partial charge in [-0.15, -0.1) is 0 Å². The number of imidazole rings is 1.